The number of carbonyl (C=O) groups is 1. The van der Waals surface area contributed by atoms with Crippen LogP contribution in [0.4, 0.5) is 5.95 Å². The first kappa shape index (κ1) is 21.0. The summed E-state index contributed by atoms with van der Waals surface area (Å²) in [5, 5.41) is 7.92. The topological polar surface area (TPSA) is 78.3 Å². The van der Waals surface area contributed by atoms with Crippen molar-refractivity contribution in [3.05, 3.63) is 62.3 Å². The van der Waals surface area contributed by atoms with Crippen LogP contribution in [0.1, 0.15) is 30.5 Å². The number of ether oxygens (including phenoxy) is 2. The van der Waals surface area contributed by atoms with Crippen molar-refractivity contribution in [1.29, 1.82) is 0 Å². The van der Waals surface area contributed by atoms with E-state index in [4.69, 9.17) is 32.7 Å². The van der Waals surface area contributed by atoms with Crippen molar-refractivity contribution in [1.82, 2.24) is 14.8 Å². The van der Waals surface area contributed by atoms with Gasteiger partial charge in [-0.1, -0.05) is 29.3 Å². The van der Waals surface area contributed by atoms with Gasteiger partial charge in [-0.2, -0.15) is 10.1 Å². The molecule has 0 radical (unpaired) electrons. The van der Waals surface area contributed by atoms with Gasteiger partial charge in [0.05, 0.1) is 33.6 Å². The van der Waals surface area contributed by atoms with E-state index in [0.717, 1.165) is 11.1 Å². The smallest absolute Gasteiger partial charge is 0.229 e. The Morgan fingerprint density at radius 2 is 2.07 bits per heavy atom. The van der Waals surface area contributed by atoms with Gasteiger partial charge in [0.1, 0.15) is 12.9 Å². The second kappa shape index (κ2) is 8.83. The molecular formula is C20H17BrCl2N4O3. The van der Waals surface area contributed by atoms with Crippen LogP contribution >= 0.6 is 39.1 Å². The second-order valence-electron chi connectivity index (χ2n) is 6.60. The standard InChI is InChI=1S/C20H17BrCl2N4O3/c1-2-29-17-7-12(16-8-18(28)26-20-24-10-25-27(16)20)6-13(21)19(17)30-9-11-3-4-14(22)15(23)5-11/h3-7,10,16H,2,8-9H2,1H3,(H,24,25,26,28)/t16-/m1/s1. The third kappa shape index (κ3) is 4.26. The predicted molar refractivity (Wildman–Crippen MR) is 118 cm³/mol. The molecule has 2 aromatic carbocycles. The summed E-state index contributed by atoms with van der Waals surface area (Å²) >= 11 is 15.7. The van der Waals surface area contributed by atoms with Gasteiger partial charge in [0, 0.05) is 0 Å². The summed E-state index contributed by atoms with van der Waals surface area (Å²) in [7, 11) is 0. The largest absolute Gasteiger partial charge is 0.490 e. The van der Waals surface area contributed by atoms with E-state index in [1.165, 1.54) is 6.33 Å². The van der Waals surface area contributed by atoms with Crippen LogP contribution in [0, 0.1) is 0 Å². The van der Waals surface area contributed by atoms with Gasteiger partial charge in [-0.3, -0.25) is 10.1 Å². The summed E-state index contributed by atoms with van der Waals surface area (Å²) in [4.78, 5) is 16.2. The Morgan fingerprint density at radius 3 is 2.83 bits per heavy atom. The Morgan fingerprint density at radius 1 is 1.23 bits per heavy atom. The molecule has 30 heavy (non-hydrogen) atoms. The molecule has 0 saturated carbocycles. The van der Waals surface area contributed by atoms with Crippen molar-refractivity contribution in [2.24, 2.45) is 0 Å². The molecule has 1 N–H and O–H groups in total. The molecule has 2 heterocycles. The molecular weight excluding hydrogens is 495 g/mol. The number of anilines is 1. The molecule has 3 aromatic rings. The van der Waals surface area contributed by atoms with Gasteiger partial charge in [-0.25, -0.2) is 4.68 Å². The van der Waals surface area contributed by atoms with Gasteiger partial charge in [0.25, 0.3) is 0 Å². The zero-order chi connectivity index (χ0) is 21.3. The van der Waals surface area contributed by atoms with Crippen LogP contribution in [0.15, 0.2) is 41.1 Å². The van der Waals surface area contributed by atoms with E-state index < -0.39 is 0 Å². The van der Waals surface area contributed by atoms with Gasteiger partial charge in [-0.05, 0) is 58.2 Å². The second-order valence-corrected chi connectivity index (χ2v) is 8.27. The lowest BCUT2D eigenvalue weighted by molar-refractivity contribution is -0.117. The molecule has 1 amide bonds. The third-order valence-electron chi connectivity index (χ3n) is 4.58. The minimum Gasteiger partial charge on any atom is -0.490 e. The van der Waals surface area contributed by atoms with Crippen molar-refractivity contribution >= 4 is 51.0 Å². The molecule has 1 aliphatic rings. The lowest BCUT2D eigenvalue weighted by Crippen LogP contribution is -2.29. The fourth-order valence-electron chi connectivity index (χ4n) is 3.23. The summed E-state index contributed by atoms with van der Waals surface area (Å²) in [6, 6.07) is 8.82. The fraction of sp³-hybridized carbons (Fsp3) is 0.250. The highest BCUT2D eigenvalue weighted by Gasteiger charge is 2.29. The lowest BCUT2D eigenvalue weighted by Gasteiger charge is -2.25. The van der Waals surface area contributed by atoms with E-state index in [0.29, 0.717) is 38.6 Å². The van der Waals surface area contributed by atoms with Crippen molar-refractivity contribution in [2.45, 2.75) is 26.0 Å². The number of nitrogens with one attached hydrogen (secondary N) is 1. The summed E-state index contributed by atoms with van der Waals surface area (Å²) < 4.78 is 14.3. The monoisotopic (exact) mass is 510 g/mol. The Kier molecular flexibility index (Phi) is 6.17. The summed E-state index contributed by atoms with van der Waals surface area (Å²) in [5.74, 6) is 1.43. The van der Waals surface area contributed by atoms with Gasteiger partial charge >= 0.3 is 0 Å². The number of benzene rings is 2. The van der Waals surface area contributed by atoms with Crippen molar-refractivity contribution in [3.8, 4) is 11.5 Å². The average Bonchev–Trinajstić information content (AvgIpc) is 3.17. The number of halogens is 3. The Labute approximate surface area is 191 Å². The van der Waals surface area contributed by atoms with Crippen molar-refractivity contribution in [3.63, 3.8) is 0 Å². The molecule has 0 unspecified atom stereocenters. The first-order valence-electron chi connectivity index (χ1n) is 9.18. The summed E-state index contributed by atoms with van der Waals surface area (Å²) in [6.07, 6.45) is 1.67. The molecule has 0 spiro atoms. The Hall–Kier alpha value is -2.29. The molecule has 0 saturated heterocycles. The highest BCUT2D eigenvalue weighted by Crippen LogP contribution is 2.41. The van der Waals surface area contributed by atoms with Crippen LogP contribution < -0.4 is 14.8 Å². The highest BCUT2D eigenvalue weighted by atomic mass is 79.9. The normalized spacial score (nSPS) is 15.5. The average molecular weight is 512 g/mol. The van der Waals surface area contributed by atoms with Crippen molar-refractivity contribution < 1.29 is 14.3 Å². The predicted octanol–water partition coefficient (Wildman–Crippen LogP) is 5.26. The molecule has 4 rings (SSSR count). The van der Waals surface area contributed by atoms with Crippen LogP contribution in [0.25, 0.3) is 0 Å². The zero-order valence-electron chi connectivity index (χ0n) is 15.9. The van der Waals surface area contributed by atoms with E-state index in [2.05, 4.69) is 31.3 Å². The Balaban J connectivity index is 1.65. The minimum atomic E-state index is -0.295. The third-order valence-corrected chi connectivity index (χ3v) is 5.91. The quantitative estimate of drug-likeness (QED) is 0.488. The number of fused-ring (bicyclic) bond motifs is 1. The number of hydrogen-bond acceptors (Lipinski definition) is 5. The van der Waals surface area contributed by atoms with Gasteiger partial charge < -0.3 is 9.47 Å². The molecule has 1 atom stereocenters. The fourth-order valence-corrected chi connectivity index (χ4v) is 4.13. The van der Waals surface area contributed by atoms with Crippen molar-refractivity contribution in [2.75, 3.05) is 11.9 Å². The number of aromatic nitrogens is 3. The summed E-state index contributed by atoms with van der Waals surface area (Å²) in [6.45, 7) is 2.64. The lowest BCUT2D eigenvalue weighted by atomic mass is 10.0. The molecule has 0 fully saturated rings. The number of carbonyl (C=O) groups excluding carboxylic acids is 1. The molecule has 1 aromatic heterocycles. The van der Waals surface area contributed by atoms with Crippen LogP contribution in [0.2, 0.25) is 10.0 Å². The number of hydrogen-bond donors (Lipinski definition) is 1. The van der Waals surface area contributed by atoms with E-state index in [1.54, 1.807) is 16.8 Å². The zero-order valence-corrected chi connectivity index (χ0v) is 19.0. The van der Waals surface area contributed by atoms with Crippen LogP contribution in [0.3, 0.4) is 0 Å². The van der Waals surface area contributed by atoms with Crippen LogP contribution in [-0.2, 0) is 11.4 Å². The molecule has 156 valence electrons. The van der Waals surface area contributed by atoms with E-state index in [1.807, 2.05) is 25.1 Å². The molecule has 10 heteroatoms. The minimum absolute atomic E-state index is 0.116. The number of amides is 1. The molecule has 0 bridgehead atoms. The van der Waals surface area contributed by atoms with Gasteiger partial charge in [0.15, 0.2) is 11.5 Å². The molecule has 0 aliphatic carbocycles. The first-order chi connectivity index (χ1) is 14.5. The van der Waals surface area contributed by atoms with Gasteiger partial charge in [0.2, 0.25) is 11.9 Å². The highest BCUT2D eigenvalue weighted by molar-refractivity contribution is 9.10. The van der Waals surface area contributed by atoms with Crippen LogP contribution in [0.5, 0.6) is 11.5 Å². The number of nitrogens with zero attached hydrogens (tertiary/aromatic N) is 3. The Bertz CT molecular complexity index is 1110. The molecule has 1 aliphatic heterocycles. The number of rotatable bonds is 6. The van der Waals surface area contributed by atoms with E-state index in [9.17, 15) is 4.79 Å². The van der Waals surface area contributed by atoms with Crippen LogP contribution in [-0.4, -0.2) is 27.3 Å². The molecule has 7 nitrogen and oxygen atoms in total. The first-order valence-corrected chi connectivity index (χ1v) is 10.7. The summed E-state index contributed by atoms with van der Waals surface area (Å²) in [5.41, 5.74) is 1.73. The van der Waals surface area contributed by atoms with Gasteiger partial charge in [-0.15, -0.1) is 0 Å². The van der Waals surface area contributed by atoms with E-state index in [-0.39, 0.29) is 25.0 Å². The SMILES string of the molecule is CCOc1cc([C@H]2CC(=O)Nc3ncnn32)cc(Br)c1OCc1ccc(Cl)c(Cl)c1. The maximum Gasteiger partial charge on any atom is 0.229 e. The van der Waals surface area contributed by atoms with E-state index >= 15 is 0 Å². The maximum atomic E-state index is 12.1. The maximum absolute atomic E-state index is 12.1.